The van der Waals surface area contributed by atoms with Crippen molar-refractivity contribution in [1.29, 1.82) is 0 Å². The predicted molar refractivity (Wildman–Crippen MR) is 120 cm³/mol. The van der Waals surface area contributed by atoms with Crippen molar-refractivity contribution in [2.24, 2.45) is 0 Å². The van der Waals surface area contributed by atoms with Crippen molar-refractivity contribution in [2.45, 2.75) is 44.3 Å². The van der Waals surface area contributed by atoms with E-state index in [4.69, 9.17) is 9.47 Å². The molecule has 170 valence electrons. The second-order valence-electron chi connectivity index (χ2n) is 9.56. The zero-order valence-corrected chi connectivity index (χ0v) is 18.8. The van der Waals surface area contributed by atoms with Crippen molar-refractivity contribution in [3.8, 4) is 11.1 Å². The highest BCUT2D eigenvalue weighted by molar-refractivity contribution is 5.79. The first-order valence-corrected chi connectivity index (χ1v) is 10.9. The third-order valence-electron chi connectivity index (χ3n) is 5.83. The highest BCUT2D eigenvalue weighted by Crippen LogP contribution is 2.44. The summed E-state index contributed by atoms with van der Waals surface area (Å²) in [5.41, 5.74) is 3.09. The highest BCUT2D eigenvalue weighted by Gasteiger charge is 2.44. The number of carbonyl (C=O) groups is 2. The van der Waals surface area contributed by atoms with Gasteiger partial charge in [-0.15, -0.1) is 0 Å². The molecule has 0 aromatic heterocycles. The molecule has 0 unspecified atom stereocenters. The van der Waals surface area contributed by atoms with E-state index in [1.54, 1.807) is 20.8 Å². The van der Waals surface area contributed by atoms with Crippen LogP contribution in [0.4, 0.5) is 9.59 Å². The number of hydrogen-bond acceptors (Lipinski definition) is 5. The van der Waals surface area contributed by atoms with Gasteiger partial charge in [0, 0.05) is 12.5 Å². The molecule has 2 N–H and O–H groups in total. The fourth-order valence-corrected chi connectivity index (χ4v) is 4.32. The minimum atomic E-state index is -1.02. The molecule has 1 aliphatic carbocycles. The summed E-state index contributed by atoms with van der Waals surface area (Å²) in [4.78, 5) is 25.7. The van der Waals surface area contributed by atoms with Gasteiger partial charge in [-0.3, -0.25) is 0 Å². The number of nitrogens with zero attached hydrogens (tertiary/aromatic N) is 1. The van der Waals surface area contributed by atoms with Crippen molar-refractivity contribution in [2.75, 3.05) is 26.2 Å². The SMILES string of the molecule is CC(C)(C)OC(=O)N1CC(O)(CCNC(=O)OCC2c3ccccc3-c3ccccc32)C1. The van der Waals surface area contributed by atoms with E-state index in [1.807, 2.05) is 24.3 Å². The smallest absolute Gasteiger partial charge is 0.410 e. The number of β-amino-alcohol motifs (C(OH)–C–C–N with tert-alkyl or cyclic N) is 1. The molecule has 4 rings (SSSR count). The number of fused-ring (bicyclic) bond motifs is 3. The fraction of sp³-hybridized carbons (Fsp3) is 0.440. The van der Waals surface area contributed by atoms with Crippen LogP contribution in [0.15, 0.2) is 48.5 Å². The van der Waals surface area contributed by atoms with E-state index in [0.29, 0.717) is 6.42 Å². The van der Waals surface area contributed by atoms with E-state index in [2.05, 4.69) is 29.6 Å². The topological polar surface area (TPSA) is 88.1 Å². The Balaban J connectivity index is 1.23. The second kappa shape index (κ2) is 8.47. The van der Waals surface area contributed by atoms with E-state index < -0.39 is 23.4 Å². The molecule has 1 heterocycles. The minimum absolute atomic E-state index is 0.00588. The molecule has 0 radical (unpaired) electrons. The van der Waals surface area contributed by atoms with Crippen molar-refractivity contribution in [1.82, 2.24) is 10.2 Å². The predicted octanol–water partition coefficient (Wildman–Crippen LogP) is 3.90. The van der Waals surface area contributed by atoms with Crippen LogP contribution in [0.25, 0.3) is 11.1 Å². The number of amides is 2. The standard InChI is InChI=1S/C25H30N2O5/c1-24(2,3)32-23(29)27-15-25(30,16-27)12-13-26-22(28)31-14-21-19-10-6-4-8-17(19)18-9-5-7-11-20(18)21/h4-11,21,30H,12-16H2,1-3H3,(H,26,28). The normalized spacial score (nSPS) is 16.6. The fourth-order valence-electron chi connectivity index (χ4n) is 4.32. The first-order valence-electron chi connectivity index (χ1n) is 10.9. The Morgan fingerprint density at radius 3 is 2.19 bits per heavy atom. The lowest BCUT2D eigenvalue weighted by Crippen LogP contribution is -2.64. The van der Waals surface area contributed by atoms with Crippen LogP contribution < -0.4 is 5.32 Å². The van der Waals surface area contributed by atoms with Gasteiger partial charge in [-0.25, -0.2) is 9.59 Å². The lowest BCUT2D eigenvalue weighted by atomic mass is 9.91. The van der Waals surface area contributed by atoms with Gasteiger partial charge in [0.1, 0.15) is 17.8 Å². The molecule has 7 nitrogen and oxygen atoms in total. The van der Waals surface area contributed by atoms with Crippen molar-refractivity contribution in [3.05, 3.63) is 59.7 Å². The molecule has 1 aliphatic heterocycles. The van der Waals surface area contributed by atoms with Crippen LogP contribution in [-0.4, -0.2) is 59.6 Å². The molecule has 0 atom stereocenters. The van der Waals surface area contributed by atoms with Gasteiger partial charge < -0.3 is 24.8 Å². The lowest BCUT2D eigenvalue weighted by molar-refractivity contribution is -0.101. The van der Waals surface area contributed by atoms with Gasteiger partial charge in [-0.1, -0.05) is 48.5 Å². The Morgan fingerprint density at radius 2 is 1.62 bits per heavy atom. The van der Waals surface area contributed by atoms with Crippen LogP contribution in [0.3, 0.4) is 0 Å². The van der Waals surface area contributed by atoms with Crippen LogP contribution in [0, 0.1) is 0 Å². The summed E-state index contributed by atoms with van der Waals surface area (Å²) >= 11 is 0. The van der Waals surface area contributed by atoms with E-state index in [0.717, 1.165) is 11.1 Å². The summed E-state index contributed by atoms with van der Waals surface area (Å²) < 4.78 is 10.8. The van der Waals surface area contributed by atoms with Gasteiger partial charge in [-0.2, -0.15) is 0 Å². The first-order chi connectivity index (χ1) is 15.2. The number of rotatable bonds is 5. The molecular formula is C25H30N2O5. The van der Waals surface area contributed by atoms with Crippen LogP contribution in [-0.2, 0) is 9.47 Å². The van der Waals surface area contributed by atoms with E-state index in [9.17, 15) is 14.7 Å². The van der Waals surface area contributed by atoms with Gasteiger partial charge in [0.2, 0.25) is 0 Å². The van der Waals surface area contributed by atoms with Crippen molar-refractivity contribution >= 4 is 12.2 Å². The minimum Gasteiger partial charge on any atom is -0.449 e. The van der Waals surface area contributed by atoms with E-state index in [1.165, 1.54) is 16.0 Å². The quantitative estimate of drug-likeness (QED) is 0.739. The molecular weight excluding hydrogens is 408 g/mol. The number of likely N-dealkylation sites (tertiary alicyclic amines) is 1. The third-order valence-corrected chi connectivity index (χ3v) is 5.83. The number of hydrogen-bond donors (Lipinski definition) is 2. The number of ether oxygens (including phenoxy) is 2. The molecule has 0 bridgehead atoms. The summed E-state index contributed by atoms with van der Waals surface area (Å²) in [5, 5.41) is 13.2. The number of carbonyl (C=O) groups excluding carboxylic acids is 2. The molecule has 7 heteroatoms. The zero-order valence-electron chi connectivity index (χ0n) is 18.8. The maximum absolute atomic E-state index is 12.2. The van der Waals surface area contributed by atoms with Gasteiger partial charge in [0.05, 0.1) is 13.1 Å². The number of nitrogens with one attached hydrogen (secondary N) is 1. The summed E-state index contributed by atoms with van der Waals surface area (Å²) in [6.45, 7) is 6.29. The molecule has 0 saturated carbocycles. The van der Waals surface area contributed by atoms with Gasteiger partial charge in [0.15, 0.2) is 0 Å². The average molecular weight is 439 g/mol. The average Bonchev–Trinajstić information content (AvgIpc) is 3.03. The number of benzene rings is 2. The Morgan fingerprint density at radius 1 is 1.06 bits per heavy atom. The summed E-state index contributed by atoms with van der Waals surface area (Å²) in [5.74, 6) is 0.00588. The van der Waals surface area contributed by atoms with Crippen LogP contribution in [0.2, 0.25) is 0 Å². The molecule has 2 aliphatic rings. The van der Waals surface area contributed by atoms with Gasteiger partial charge >= 0.3 is 12.2 Å². The molecule has 0 spiro atoms. The van der Waals surface area contributed by atoms with Gasteiger partial charge in [0.25, 0.3) is 0 Å². The molecule has 1 fully saturated rings. The van der Waals surface area contributed by atoms with Crippen LogP contribution in [0.1, 0.15) is 44.2 Å². The maximum atomic E-state index is 12.2. The molecule has 1 saturated heterocycles. The largest absolute Gasteiger partial charge is 0.449 e. The summed E-state index contributed by atoms with van der Waals surface area (Å²) in [6, 6.07) is 16.4. The number of aliphatic hydroxyl groups is 1. The Hall–Kier alpha value is -3.06. The van der Waals surface area contributed by atoms with Crippen LogP contribution in [0.5, 0.6) is 0 Å². The summed E-state index contributed by atoms with van der Waals surface area (Å²) in [6.07, 6.45) is -0.623. The second-order valence-corrected chi connectivity index (χ2v) is 9.56. The van der Waals surface area contributed by atoms with E-state index >= 15 is 0 Å². The Kier molecular flexibility index (Phi) is 5.86. The number of alkyl carbamates (subject to hydrolysis) is 1. The first kappa shape index (κ1) is 22.1. The van der Waals surface area contributed by atoms with Crippen molar-refractivity contribution < 1.29 is 24.2 Å². The summed E-state index contributed by atoms with van der Waals surface area (Å²) in [7, 11) is 0. The third kappa shape index (κ3) is 4.72. The highest BCUT2D eigenvalue weighted by atomic mass is 16.6. The van der Waals surface area contributed by atoms with Crippen LogP contribution >= 0.6 is 0 Å². The van der Waals surface area contributed by atoms with E-state index in [-0.39, 0.29) is 32.2 Å². The zero-order chi connectivity index (χ0) is 22.9. The van der Waals surface area contributed by atoms with Gasteiger partial charge in [-0.05, 0) is 49.4 Å². The molecule has 2 amide bonds. The lowest BCUT2D eigenvalue weighted by Gasteiger charge is -2.46. The monoisotopic (exact) mass is 438 g/mol. The maximum Gasteiger partial charge on any atom is 0.410 e. The molecule has 2 aromatic rings. The molecule has 2 aromatic carbocycles. The van der Waals surface area contributed by atoms with Crippen molar-refractivity contribution in [3.63, 3.8) is 0 Å². The Bertz CT molecular complexity index is 962. The Labute approximate surface area is 188 Å². The molecule has 32 heavy (non-hydrogen) atoms.